The summed E-state index contributed by atoms with van der Waals surface area (Å²) in [6.45, 7) is 12.2. The first kappa shape index (κ1) is 19.7. The molecule has 2 aromatic carbocycles. The summed E-state index contributed by atoms with van der Waals surface area (Å²) in [4.78, 5) is 24.7. The molecule has 0 aliphatic rings. The molecule has 138 valence electrons. The van der Waals surface area contributed by atoms with Gasteiger partial charge in [-0.15, -0.1) is 0 Å². The van der Waals surface area contributed by atoms with E-state index in [2.05, 4.69) is 31.4 Å². The predicted molar refractivity (Wildman–Crippen MR) is 108 cm³/mol. The molecule has 26 heavy (non-hydrogen) atoms. The first-order valence-electron chi connectivity index (χ1n) is 8.85. The average molecular weight is 352 g/mol. The van der Waals surface area contributed by atoms with Gasteiger partial charge in [0.05, 0.1) is 0 Å². The van der Waals surface area contributed by atoms with E-state index in [0.29, 0.717) is 0 Å². The number of carbonyl (C=O) groups is 2. The third kappa shape index (κ3) is 4.94. The topological polar surface area (TPSA) is 58.2 Å². The maximum Gasteiger partial charge on any atom is 0.233 e. The number of nitrogens with one attached hydrogen (secondary N) is 2. The van der Waals surface area contributed by atoms with Gasteiger partial charge < -0.3 is 10.6 Å². The second-order valence-corrected chi connectivity index (χ2v) is 7.84. The summed E-state index contributed by atoms with van der Waals surface area (Å²) in [6.07, 6.45) is -0.217. The van der Waals surface area contributed by atoms with Crippen LogP contribution in [0.1, 0.15) is 49.4 Å². The summed E-state index contributed by atoms with van der Waals surface area (Å²) in [7, 11) is 0. The lowest BCUT2D eigenvalue weighted by Gasteiger charge is -2.23. The van der Waals surface area contributed by atoms with Gasteiger partial charge in [0, 0.05) is 11.4 Å². The molecule has 2 rings (SSSR count). The van der Waals surface area contributed by atoms with Crippen LogP contribution < -0.4 is 10.6 Å². The van der Waals surface area contributed by atoms with E-state index in [4.69, 9.17) is 0 Å². The minimum Gasteiger partial charge on any atom is -0.325 e. The van der Waals surface area contributed by atoms with Crippen LogP contribution in [0.15, 0.2) is 36.4 Å². The van der Waals surface area contributed by atoms with Crippen molar-refractivity contribution < 1.29 is 9.59 Å². The molecule has 0 bridgehead atoms. The second kappa shape index (κ2) is 7.73. The molecule has 0 atom stereocenters. The number of hydrogen-bond acceptors (Lipinski definition) is 2. The van der Waals surface area contributed by atoms with Gasteiger partial charge in [0.1, 0.15) is 6.42 Å². The minimum atomic E-state index is -0.318. The normalized spacial score (nSPS) is 11.2. The Labute approximate surface area is 156 Å². The van der Waals surface area contributed by atoms with E-state index < -0.39 is 0 Å². The van der Waals surface area contributed by atoms with E-state index in [-0.39, 0.29) is 23.7 Å². The van der Waals surface area contributed by atoms with Crippen LogP contribution in [0.25, 0.3) is 0 Å². The van der Waals surface area contributed by atoms with E-state index in [0.717, 1.165) is 33.6 Å². The summed E-state index contributed by atoms with van der Waals surface area (Å²) in [5, 5.41) is 5.74. The highest BCUT2D eigenvalue weighted by Crippen LogP contribution is 2.29. The Kier molecular flexibility index (Phi) is 5.86. The largest absolute Gasteiger partial charge is 0.325 e. The number of para-hydroxylation sites is 1. The number of aryl methyl sites for hydroxylation is 3. The number of amides is 2. The quantitative estimate of drug-likeness (QED) is 0.771. The molecule has 2 aromatic rings. The predicted octanol–water partition coefficient (Wildman–Crippen LogP) is 4.88. The van der Waals surface area contributed by atoms with Crippen molar-refractivity contribution in [3.05, 3.63) is 58.7 Å². The Morgan fingerprint density at radius 2 is 1.42 bits per heavy atom. The van der Waals surface area contributed by atoms with Crippen molar-refractivity contribution in [2.24, 2.45) is 0 Å². The number of benzene rings is 2. The zero-order chi connectivity index (χ0) is 19.5. The number of hydrogen-bond donors (Lipinski definition) is 2. The molecular formula is C22H28N2O2. The SMILES string of the molecule is Cc1cc(C)c(NC(=O)CC(=O)Nc2ccccc2C(C)(C)C)c(C)c1. The molecule has 0 aliphatic heterocycles. The molecular weight excluding hydrogens is 324 g/mol. The summed E-state index contributed by atoms with van der Waals surface area (Å²) in [5.41, 5.74) is 5.61. The molecule has 2 N–H and O–H groups in total. The Hall–Kier alpha value is -2.62. The number of carbonyl (C=O) groups excluding carboxylic acids is 2. The van der Waals surface area contributed by atoms with Gasteiger partial charge in [-0.25, -0.2) is 0 Å². The van der Waals surface area contributed by atoms with Crippen molar-refractivity contribution in [2.45, 2.75) is 53.4 Å². The standard InChI is InChI=1S/C22H28N2O2/c1-14-11-15(2)21(16(3)12-14)24-20(26)13-19(25)23-18-10-8-7-9-17(18)22(4,5)6/h7-12H,13H2,1-6H3,(H,23,25)(H,24,26). The van der Waals surface area contributed by atoms with Crippen molar-refractivity contribution in [2.75, 3.05) is 10.6 Å². The smallest absolute Gasteiger partial charge is 0.233 e. The fraction of sp³-hybridized carbons (Fsp3) is 0.364. The summed E-state index contributed by atoms with van der Waals surface area (Å²) >= 11 is 0. The first-order chi connectivity index (χ1) is 12.1. The zero-order valence-electron chi connectivity index (χ0n) is 16.5. The molecule has 0 aromatic heterocycles. The Morgan fingerprint density at radius 3 is 2.00 bits per heavy atom. The summed E-state index contributed by atoms with van der Waals surface area (Å²) < 4.78 is 0. The fourth-order valence-corrected chi connectivity index (χ4v) is 3.15. The number of rotatable bonds is 4. The van der Waals surface area contributed by atoms with Crippen LogP contribution in [0, 0.1) is 20.8 Å². The monoisotopic (exact) mass is 352 g/mol. The molecule has 0 saturated heterocycles. The summed E-state index contributed by atoms with van der Waals surface area (Å²) in [6, 6.07) is 11.7. The molecule has 0 spiro atoms. The Bertz CT molecular complexity index is 809. The molecule has 2 amide bonds. The zero-order valence-corrected chi connectivity index (χ0v) is 16.5. The van der Waals surface area contributed by atoms with Gasteiger partial charge in [0.15, 0.2) is 0 Å². The van der Waals surface area contributed by atoms with Crippen LogP contribution >= 0.6 is 0 Å². The molecule has 0 fully saturated rings. The van der Waals surface area contributed by atoms with Crippen LogP contribution in [0.2, 0.25) is 0 Å². The van der Waals surface area contributed by atoms with Crippen molar-refractivity contribution in [3.63, 3.8) is 0 Å². The molecule has 0 saturated carbocycles. The van der Waals surface area contributed by atoms with E-state index in [1.165, 1.54) is 0 Å². The molecule has 4 nitrogen and oxygen atoms in total. The van der Waals surface area contributed by atoms with E-state index in [1.807, 2.05) is 57.2 Å². The van der Waals surface area contributed by atoms with Crippen LogP contribution in [-0.4, -0.2) is 11.8 Å². The van der Waals surface area contributed by atoms with Gasteiger partial charge in [-0.2, -0.15) is 0 Å². The van der Waals surface area contributed by atoms with Crippen molar-refractivity contribution in [1.29, 1.82) is 0 Å². The second-order valence-electron chi connectivity index (χ2n) is 7.84. The maximum absolute atomic E-state index is 12.3. The molecule has 0 heterocycles. The van der Waals surface area contributed by atoms with E-state index in [9.17, 15) is 9.59 Å². The van der Waals surface area contributed by atoms with Crippen LogP contribution in [-0.2, 0) is 15.0 Å². The number of anilines is 2. The Balaban J connectivity index is 2.07. The summed E-state index contributed by atoms with van der Waals surface area (Å²) in [5.74, 6) is -0.632. The Morgan fingerprint density at radius 1 is 0.885 bits per heavy atom. The minimum absolute atomic E-state index is 0.0950. The third-order valence-corrected chi connectivity index (χ3v) is 4.27. The van der Waals surface area contributed by atoms with Gasteiger partial charge in [0.2, 0.25) is 11.8 Å². The van der Waals surface area contributed by atoms with Gasteiger partial charge in [0.25, 0.3) is 0 Å². The van der Waals surface area contributed by atoms with Crippen molar-refractivity contribution >= 4 is 23.2 Å². The van der Waals surface area contributed by atoms with E-state index in [1.54, 1.807) is 0 Å². The van der Waals surface area contributed by atoms with Crippen LogP contribution in [0.3, 0.4) is 0 Å². The van der Waals surface area contributed by atoms with Crippen LogP contribution in [0.4, 0.5) is 11.4 Å². The fourth-order valence-electron chi connectivity index (χ4n) is 3.15. The lowest BCUT2D eigenvalue weighted by molar-refractivity contribution is -0.123. The highest BCUT2D eigenvalue weighted by molar-refractivity contribution is 6.08. The third-order valence-electron chi connectivity index (χ3n) is 4.27. The van der Waals surface area contributed by atoms with E-state index >= 15 is 0 Å². The van der Waals surface area contributed by atoms with Crippen molar-refractivity contribution in [1.82, 2.24) is 0 Å². The van der Waals surface area contributed by atoms with Gasteiger partial charge in [-0.1, -0.05) is 56.7 Å². The van der Waals surface area contributed by atoms with Crippen molar-refractivity contribution in [3.8, 4) is 0 Å². The van der Waals surface area contributed by atoms with Gasteiger partial charge >= 0.3 is 0 Å². The van der Waals surface area contributed by atoms with Gasteiger partial charge in [-0.3, -0.25) is 9.59 Å². The lowest BCUT2D eigenvalue weighted by Crippen LogP contribution is -2.24. The maximum atomic E-state index is 12.3. The molecule has 0 aliphatic carbocycles. The first-order valence-corrected chi connectivity index (χ1v) is 8.85. The average Bonchev–Trinajstić information content (AvgIpc) is 2.50. The highest BCUT2D eigenvalue weighted by atomic mass is 16.2. The molecule has 4 heteroatoms. The molecule has 0 radical (unpaired) electrons. The van der Waals surface area contributed by atoms with Crippen LogP contribution in [0.5, 0.6) is 0 Å². The van der Waals surface area contributed by atoms with Gasteiger partial charge in [-0.05, 0) is 48.9 Å². The molecule has 0 unspecified atom stereocenters. The lowest BCUT2D eigenvalue weighted by atomic mass is 9.86. The highest BCUT2D eigenvalue weighted by Gasteiger charge is 2.19.